The second-order valence-electron chi connectivity index (χ2n) is 3.97. The van der Waals surface area contributed by atoms with Crippen molar-refractivity contribution in [3.63, 3.8) is 0 Å². The standard InChI is InChI=1S/C11H13FO/c1-7-5-8(2)10(12)9(6-7)11(13)3-4-11/h5-6,13H,3-4H2,1-2H3. The van der Waals surface area contributed by atoms with Crippen molar-refractivity contribution in [2.45, 2.75) is 32.3 Å². The molecule has 13 heavy (non-hydrogen) atoms. The molecule has 1 fully saturated rings. The Bertz CT molecular complexity index is 353. The van der Waals surface area contributed by atoms with Gasteiger partial charge in [-0.3, -0.25) is 0 Å². The lowest BCUT2D eigenvalue weighted by molar-refractivity contribution is 0.146. The predicted molar refractivity (Wildman–Crippen MR) is 49.0 cm³/mol. The Hall–Kier alpha value is -0.890. The van der Waals surface area contributed by atoms with Crippen LogP contribution in [0, 0.1) is 19.7 Å². The zero-order valence-corrected chi connectivity index (χ0v) is 7.89. The molecule has 0 atom stereocenters. The lowest BCUT2D eigenvalue weighted by atomic mass is 10.0. The highest BCUT2D eigenvalue weighted by molar-refractivity contribution is 5.36. The van der Waals surface area contributed by atoms with Gasteiger partial charge in [0.2, 0.25) is 0 Å². The predicted octanol–water partition coefficient (Wildman–Crippen LogP) is 2.42. The summed E-state index contributed by atoms with van der Waals surface area (Å²) in [6.45, 7) is 3.65. The summed E-state index contributed by atoms with van der Waals surface area (Å²) in [5.74, 6) is -0.245. The van der Waals surface area contributed by atoms with Gasteiger partial charge in [-0.2, -0.15) is 0 Å². The molecule has 0 aromatic heterocycles. The van der Waals surface area contributed by atoms with Crippen LogP contribution in [0.25, 0.3) is 0 Å². The molecule has 1 saturated carbocycles. The minimum absolute atomic E-state index is 0.245. The molecule has 2 rings (SSSR count). The highest BCUT2D eigenvalue weighted by Crippen LogP contribution is 2.46. The van der Waals surface area contributed by atoms with Gasteiger partial charge in [0.25, 0.3) is 0 Å². The summed E-state index contributed by atoms with van der Waals surface area (Å²) in [4.78, 5) is 0. The third-order valence-corrected chi connectivity index (χ3v) is 2.62. The van der Waals surface area contributed by atoms with Gasteiger partial charge in [0, 0.05) is 5.56 Å². The fourth-order valence-electron chi connectivity index (χ4n) is 1.68. The van der Waals surface area contributed by atoms with Gasteiger partial charge in [0.05, 0.1) is 5.60 Å². The molecule has 0 spiro atoms. The van der Waals surface area contributed by atoms with E-state index in [1.165, 1.54) is 0 Å². The number of rotatable bonds is 1. The van der Waals surface area contributed by atoms with Gasteiger partial charge in [0.15, 0.2) is 0 Å². The molecule has 1 aliphatic carbocycles. The zero-order valence-electron chi connectivity index (χ0n) is 7.89. The van der Waals surface area contributed by atoms with E-state index in [2.05, 4.69) is 0 Å². The van der Waals surface area contributed by atoms with E-state index in [4.69, 9.17) is 0 Å². The maximum atomic E-state index is 13.6. The van der Waals surface area contributed by atoms with Crippen molar-refractivity contribution in [3.05, 3.63) is 34.6 Å². The van der Waals surface area contributed by atoms with Gasteiger partial charge in [-0.1, -0.05) is 17.7 Å². The van der Waals surface area contributed by atoms with Gasteiger partial charge in [-0.05, 0) is 32.3 Å². The number of aliphatic hydroxyl groups is 1. The van der Waals surface area contributed by atoms with E-state index in [-0.39, 0.29) is 5.82 Å². The molecule has 1 aromatic carbocycles. The fourth-order valence-corrected chi connectivity index (χ4v) is 1.68. The van der Waals surface area contributed by atoms with Crippen LogP contribution in [-0.4, -0.2) is 5.11 Å². The summed E-state index contributed by atoms with van der Waals surface area (Å²) < 4.78 is 13.6. The summed E-state index contributed by atoms with van der Waals surface area (Å²) in [5, 5.41) is 9.79. The average molecular weight is 180 g/mol. The summed E-state index contributed by atoms with van der Waals surface area (Å²) in [6.07, 6.45) is 1.37. The minimum Gasteiger partial charge on any atom is -0.385 e. The van der Waals surface area contributed by atoms with Crippen LogP contribution in [0.1, 0.15) is 29.5 Å². The van der Waals surface area contributed by atoms with Crippen LogP contribution in [0.2, 0.25) is 0 Å². The third kappa shape index (κ3) is 1.35. The first kappa shape index (κ1) is 8.70. The van der Waals surface area contributed by atoms with E-state index in [1.807, 2.05) is 6.92 Å². The monoisotopic (exact) mass is 180 g/mol. The lowest BCUT2D eigenvalue weighted by Gasteiger charge is -2.12. The second-order valence-corrected chi connectivity index (χ2v) is 3.97. The molecule has 0 amide bonds. The van der Waals surface area contributed by atoms with Crippen LogP contribution >= 0.6 is 0 Å². The van der Waals surface area contributed by atoms with Crippen LogP contribution in [-0.2, 0) is 5.60 Å². The second kappa shape index (κ2) is 2.55. The molecule has 1 aliphatic rings. The van der Waals surface area contributed by atoms with Crippen LogP contribution in [0.3, 0.4) is 0 Å². The first-order valence-electron chi connectivity index (χ1n) is 4.52. The van der Waals surface area contributed by atoms with Crippen molar-refractivity contribution in [3.8, 4) is 0 Å². The Labute approximate surface area is 77.2 Å². The van der Waals surface area contributed by atoms with Crippen LogP contribution in [0.5, 0.6) is 0 Å². The smallest absolute Gasteiger partial charge is 0.132 e. The Morgan fingerprint density at radius 1 is 1.31 bits per heavy atom. The number of hydrogen-bond acceptors (Lipinski definition) is 1. The summed E-state index contributed by atoms with van der Waals surface area (Å²) in [6, 6.07) is 3.54. The third-order valence-electron chi connectivity index (χ3n) is 2.62. The topological polar surface area (TPSA) is 20.2 Å². The summed E-state index contributed by atoms with van der Waals surface area (Å²) in [7, 11) is 0. The Morgan fingerprint density at radius 2 is 1.92 bits per heavy atom. The van der Waals surface area contributed by atoms with Gasteiger partial charge >= 0.3 is 0 Å². The zero-order chi connectivity index (χ0) is 9.64. The molecule has 0 aliphatic heterocycles. The molecular formula is C11H13FO. The van der Waals surface area contributed by atoms with E-state index in [1.54, 1.807) is 19.1 Å². The van der Waals surface area contributed by atoms with Crippen LogP contribution in [0.4, 0.5) is 4.39 Å². The first-order valence-corrected chi connectivity index (χ1v) is 4.52. The Morgan fingerprint density at radius 3 is 2.46 bits per heavy atom. The maximum absolute atomic E-state index is 13.6. The molecule has 0 bridgehead atoms. The molecule has 0 radical (unpaired) electrons. The van der Waals surface area contributed by atoms with Crippen molar-refractivity contribution < 1.29 is 9.50 Å². The van der Waals surface area contributed by atoms with E-state index < -0.39 is 5.60 Å². The van der Waals surface area contributed by atoms with E-state index in [0.717, 1.165) is 5.56 Å². The van der Waals surface area contributed by atoms with Crippen molar-refractivity contribution in [2.75, 3.05) is 0 Å². The normalized spacial score (nSPS) is 18.8. The van der Waals surface area contributed by atoms with E-state index in [9.17, 15) is 9.50 Å². The van der Waals surface area contributed by atoms with Crippen LogP contribution in [0.15, 0.2) is 12.1 Å². The SMILES string of the molecule is Cc1cc(C)c(F)c(C2(O)CC2)c1. The highest BCUT2D eigenvalue weighted by atomic mass is 19.1. The van der Waals surface area contributed by atoms with Gasteiger partial charge in [0.1, 0.15) is 5.82 Å². The molecule has 0 unspecified atom stereocenters. The molecule has 1 N–H and O–H groups in total. The Balaban J connectivity index is 2.56. The first-order chi connectivity index (χ1) is 6.03. The van der Waals surface area contributed by atoms with Gasteiger partial charge in [-0.25, -0.2) is 4.39 Å². The maximum Gasteiger partial charge on any atom is 0.132 e. The van der Waals surface area contributed by atoms with Gasteiger partial charge < -0.3 is 5.11 Å². The molecule has 2 heteroatoms. The lowest BCUT2D eigenvalue weighted by Crippen LogP contribution is -2.08. The fraction of sp³-hybridized carbons (Fsp3) is 0.455. The minimum atomic E-state index is -0.860. The van der Waals surface area contributed by atoms with Crippen molar-refractivity contribution in [2.24, 2.45) is 0 Å². The highest BCUT2D eigenvalue weighted by Gasteiger charge is 2.44. The average Bonchev–Trinajstić information content (AvgIpc) is 2.77. The molecule has 0 saturated heterocycles. The quantitative estimate of drug-likeness (QED) is 0.703. The Kier molecular flexibility index (Phi) is 1.70. The van der Waals surface area contributed by atoms with Crippen molar-refractivity contribution >= 4 is 0 Å². The van der Waals surface area contributed by atoms with Crippen LogP contribution < -0.4 is 0 Å². The number of benzene rings is 1. The number of hydrogen-bond donors (Lipinski definition) is 1. The van der Waals surface area contributed by atoms with E-state index >= 15 is 0 Å². The molecular weight excluding hydrogens is 167 g/mol. The number of halogens is 1. The van der Waals surface area contributed by atoms with Gasteiger partial charge in [-0.15, -0.1) is 0 Å². The molecule has 1 aromatic rings. The van der Waals surface area contributed by atoms with Crippen molar-refractivity contribution in [1.82, 2.24) is 0 Å². The molecule has 1 nitrogen and oxygen atoms in total. The molecule has 0 heterocycles. The summed E-state index contributed by atoms with van der Waals surface area (Å²) in [5.41, 5.74) is 1.25. The number of aryl methyl sites for hydroxylation is 2. The largest absolute Gasteiger partial charge is 0.385 e. The van der Waals surface area contributed by atoms with E-state index in [0.29, 0.717) is 24.0 Å². The summed E-state index contributed by atoms with van der Waals surface area (Å²) >= 11 is 0. The van der Waals surface area contributed by atoms with Crippen molar-refractivity contribution in [1.29, 1.82) is 0 Å². The molecule has 70 valence electrons.